The van der Waals surface area contributed by atoms with Gasteiger partial charge in [-0.05, 0) is 35.4 Å². The summed E-state index contributed by atoms with van der Waals surface area (Å²) in [6, 6.07) is 13.1. The number of fused-ring (bicyclic) bond motifs is 1. The van der Waals surface area contributed by atoms with Gasteiger partial charge in [-0.25, -0.2) is 0 Å². The molecule has 0 aliphatic carbocycles. The summed E-state index contributed by atoms with van der Waals surface area (Å²) in [5.41, 5.74) is 0.641. The van der Waals surface area contributed by atoms with E-state index in [0.29, 0.717) is 11.3 Å². The van der Waals surface area contributed by atoms with E-state index < -0.39 is 11.9 Å². The van der Waals surface area contributed by atoms with Crippen molar-refractivity contribution in [2.45, 2.75) is 12.8 Å². The predicted octanol–water partition coefficient (Wildman–Crippen LogP) is 3.02. The van der Waals surface area contributed by atoms with Crippen LogP contribution in [0.2, 0.25) is 0 Å². The molecule has 0 saturated heterocycles. The minimum Gasteiger partial charge on any atom is -0.497 e. The predicted molar refractivity (Wildman–Crippen MR) is 75.5 cm³/mol. The van der Waals surface area contributed by atoms with Gasteiger partial charge >= 0.3 is 5.97 Å². The van der Waals surface area contributed by atoms with Crippen LogP contribution in [0.15, 0.2) is 36.4 Å². The Morgan fingerprint density at radius 1 is 1.35 bits per heavy atom. The summed E-state index contributed by atoms with van der Waals surface area (Å²) >= 11 is 0. The smallest absolute Gasteiger partial charge is 0.327 e. The van der Waals surface area contributed by atoms with Gasteiger partial charge in [-0.3, -0.25) is 4.79 Å². The van der Waals surface area contributed by atoms with Crippen LogP contribution < -0.4 is 4.74 Å². The Morgan fingerprint density at radius 3 is 2.80 bits per heavy atom. The number of carbonyl (C=O) groups is 1. The quantitative estimate of drug-likeness (QED) is 0.800. The molecule has 0 aliphatic heterocycles. The number of esters is 1. The second kappa shape index (κ2) is 6.07. The van der Waals surface area contributed by atoms with Gasteiger partial charge in [-0.2, -0.15) is 5.26 Å². The van der Waals surface area contributed by atoms with E-state index in [1.165, 1.54) is 0 Å². The van der Waals surface area contributed by atoms with E-state index in [2.05, 4.69) is 0 Å². The Kier molecular flexibility index (Phi) is 4.21. The normalized spacial score (nSPS) is 11.7. The highest BCUT2D eigenvalue weighted by molar-refractivity contribution is 5.93. The van der Waals surface area contributed by atoms with E-state index in [1.807, 2.05) is 36.4 Å². The van der Waals surface area contributed by atoms with Crippen LogP contribution in [0.3, 0.4) is 0 Å². The molecule has 0 bridgehead atoms. The van der Waals surface area contributed by atoms with Gasteiger partial charge in [0.25, 0.3) is 0 Å². The molecule has 2 aromatic rings. The monoisotopic (exact) mass is 269 g/mol. The highest BCUT2D eigenvalue weighted by Gasteiger charge is 2.23. The van der Waals surface area contributed by atoms with Gasteiger partial charge in [-0.1, -0.05) is 24.3 Å². The molecule has 1 atom stereocenters. The van der Waals surface area contributed by atoms with Crippen molar-refractivity contribution in [1.29, 1.82) is 5.26 Å². The summed E-state index contributed by atoms with van der Waals surface area (Å²) in [5, 5.41) is 11.1. The maximum absolute atomic E-state index is 11.9. The van der Waals surface area contributed by atoms with Gasteiger partial charge in [-0.15, -0.1) is 0 Å². The number of ether oxygens (including phenoxy) is 2. The lowest BCUT2D eigenvalue weighted by Gasteiger charge is -2.12. The molecule has 2 rings (SSSR count). The molecular formula is C16H15NO3. The van der Waals surface area contributed by atoms with Gasteiger partial charge in [0.15, 0.2) is 5.92 Å². The third-order valence-electron chi connectivity index (χ3n) is 3.09. The first-order valence-corrected chi connectivity index (χ1v) is 6.34. The van der Waals surface area contributed by atoms with Crippen molar-refractivity contribution in [3.63, 3.8) is 0 Å². The maximum Gasteiger partial charge on any atom is 0.327 e. The Bertz CT molecular complexity index is 673. The molecule has 0 radical (unpaired) electrons. The molecule has 1 unspecified atom stereocenters. The second-order valence-corrected chi connectivity index (χ2v) is 4.25. The molecular weight excluding hydrogens is 254 g/mol. The van der Waals surface area contributed by atoms with E-state index in [0.717, 1.165) is 10.8 Å². The minimum absolute atomic E-state index is 0.255. The number of benzene rings is 2. The van der Waals surface area contributed by atoms with Crippen LogP contribution in [0.4, 0.5) is 0 Å². The largest absolute Gasteiger partial charge is 0.497 e. The lowest BCUT2D eigenvalue weighted by Crippen LogP contribution is -2.14. The van der Waals surface area contributed by atoms with Gasteiger partial charge in [0.05, 0.1) is 19.8 Å². The first-order chi connectivity index (χ1) is 9.71. The molecule has 4 heteroatoms. The van der Waals surface area contributed by atoms with Crippen LogP contribution >= 0.6 is 0 Å². The topological polar surface area (TPSA) is 59.3 Å². The zero-order valence-corrected chi connectivity index (χ0v) is 11.4. The Labute approximate surface area is 117 Å². The third kappa shape index (κ3) is 2.57. The molecule has 0 spiro atoms. The summed E-state index contributed by atoms with van der Waals surface area (Å²) < 4.78 is 10.2. The van der Waals surface area contributed by atoms with Crippen LogP contribution in [0.5, 0.6) is 5.75 Å². The summed E-state index contributed by atoms with van der Waals surface area (Å²) in [7, 11) is 1.58. The zero-order chi connectivity index (χ0) is 14.5. The molecule has 0 aromatic heterocycles. The number of hydrogen-bond donors (Lipinski definition) is 0. The number of methoxy groups -OCH3 is 1. The second-order valence-electron chi connectivity index (χ2n) is 4.25. The molecule has 0 heterocycles. The fourth-order valence-electron chi connectivity index (χ4n) is 2.13. The Hall–Kier alpha value is -2.54. The van der Waals surface area contributed by atoms with E-state index >= 15 is 0 Å². The number of nitrogens with zero attached hydrogens (tertiary/aromatic N) is 1. The van der Waals surface area contributed by atoms with Crippen LogP contribution in [-0.4, -0.2) is 19.7 Å². The number of rotatable bonds is 4. The van der Waals surface area contributed by atoms with Crippen molar-refractivity contribution >= 4 is 16.7 Å². The first kappa shape index (κ1) is 13.9. The molecule has 4 nitrogen and oxygen atoms in total. The van der Waals surface area contributed by atoms with Crippen molar-refractivity contribution in [2.75, 3.05) is 13.7 Å². The van der Waals surface area contributed by atoms with E-state index in [1.54, 1.807) is 20.1 Å². The Morgan fingerprint density at radius 2 is 2.15 bits per heavy atom. The number of carbonyl (C=O) groups excluding carboxylic acids is 1. The molecule has 0 amide bonds. The highest BCUT2D eigenvalue weighted by atomic mass is 16.5. The molecule has 0 saturated carbocycles. The van der Waals surface area contributed by atoms with E-state index in [-0.39, 0.29) is 6.61 Å². The van der Waals surface area contributed by atoms with E-state index in [9.17, 15) is 10.1 Å². The highest BCUT2D eigenvalue weighted by Crippen LogP contribution is 2.29. The van der Waals surface area contributed by atoms with Crippen molar-refractivity contribution in [3.8, 4) is 11.8 Å². The average Bonchev–Trinajstić information content (AvgIpc) is 2.48. The third-order valence-corrected chi connectivity index (χ3v) is 3.09. The molecule has 2 aromatic carbocycles. The Balaban J connectivity index is 2.57. The van der Waals surface area contributed by atoms with Crippen molar-refractivity contribution in [2.24, 2.45) is 0 Å². The SMILES string of the molecule is CCOC(=O)C(C#N)c1cccc2ccc(OC)cc12. The number of hydrogen-bond acceptors (Lipinski definition) is 4. The lowest BCUT2D eigenvalue weighted by molar-refractivity contribution is -0.143. The maximum atomic E-state index is 11.9. The van der Waals surface area contributed by atoms with Crippen LogP contribution in [0.25, 0.3) is 10.8 Å². The molecule has 0 fully saturated rings. The molecule has 20 heavy (non-hydrogen) atoms. The van der Waals surface area contributed by atoms with Gasteiger partial charge in [0, 0.05) is 0 Å². The molecule has 0 aliphatic rings. The lowest BCUT2D eigenvalue weighted by atomic mass is 9.94. The van der Waals surface area contributed by atoms with Crippen LogP contribution in [0, 0.1) is 11.3 Å². The summed E-state index contributed by atoms with van der Waals surface area (Å²) in [6.45, 7) is 1.98. The zero-order valence-electron chi connectivity index (χ0n) is 11.4. The van der Waals surface area contributed by atoms with E-state index in [4.69, 9.17) is 9.47 Å². The average molecular weight is 269 g/mol. The van der Waals surface area contributed by atoms with Crippen molar-refractivity contribution < 1.29 is 14.3 Å². The van der Waals surface area contributed by atoms with Gasteiger partial charge < -0.3 is 9.47 Å². The van der Waals surface area contributed by atoms with Gasteiger partial charge in [0.1, 0.15) is 5.75 Å². The summed E-state index contributed by atoms with van der Waals surface area (Å²) in [5.74, 6) is -0.762. The standard InChI is InChI=1S/C16H15NO3/c1-3-20-16(18)15(10-17)13-6-4-5-11-7-8-12(19-2)9-14(11)13/h4-9,15H,3H2,1-2H3. The van der Waals surface area contributed by atoms with Crippen LogP contribution in [-0.2, 0) is 9.53 Å². The van der Waals surface area contributed by atoms with Crippen molar-refractivity contribution in [3.05, 3.63) is 42.0 Å². The summed E-state index contributed by atoms with van der Waals surface area (Å²) in [6.07, 6.45) is 0. The summed E-state index contributed by atoms with van der Waals surface area (Å²) in [4.78, 5) is 11.9. The molecule has 102 valence electrons. The van der Waals surface area contributed by atoms with Gasteiger partial charge in [0.2, 0.25) is 0 Å². The fraction of sp³-hybridized carbons (Fsp3) is 0.250. The number of nitriles is 1. The molecule has 0 N–H and O–H groups in total. The van der Waals surface area contributed by atoms with Crippen molar-refractivity contribution in [1.82, 2.24) is 0 Å². The fourth-order valence-corrected chi connectivity index (χ4v) is 2.13. The minimum atomic E-state index is -0.925. The van der Waals surface area contributed by atoms with Crippen LogP contribution in [0.1, 0.15) is 18.4 Å². The first-order valence-electron chi connectivity index (χ1n) is 6.34.